The highest BCUT2D eigenvalue weighted by Gasteiger charge is 2.39. The first kappa shape index (κ1) is 15.1. The summed E-state index contributed by atoms with van der Waals surface area (Å²) in [4.78, 5) is 4.47. The minimum absolute atomic E-state index is 0.686. The molecular formula is C18H31N3. The van der Waals surface area contributed by atoms with E-state index in [1.54, 1.807) is 0 Å². The van der Waals surface area contributed by atoms with Crippen LogP contribution in [-0.2, 0) is 13.5 Å². The van der Waals surface area contributed by atoms with Gasteiger partial charge in [0.1, 0.15) is 5.82 Å². The van der Waals surface area contributed by atoms with Crippen molar-refractivity contribution in [3.8, 4) is 0 Å². The first-order valence-electron chi connectivity index (χ1n) is 8.95. The molecule has 4 unspecified atom stereocenters. The Hall–Kier alpha value is -0.830. The fourth-order valence-electron chi connectivity index (χ4n) is 4.62. The van der Waals surface area contributed by atoms with Crippen LogP contribution in [0.4, 0.5) is 0 Å². The molecule has 3 nitrogen and oxygen atoms in total. The smallest absolute Gasteiger partial charge is 0.108 e. The van der Waals surface area contributed by atoms with Crippen LogP contribution in [-0.4, -0.2) is 22.1 Å². The van der Waals surface area contributed by atoms with E-state index in [-0.39, 0.29) is 0 Å². The van der Waals surface area contributed by atoms with Crippen molar-refractivity contribution >= 4 is 0 Å². The Morgan fingerprint density at radius 3 is 2.90 bits per heavy atom. The number of nitrogens with one attached hydrogen (secondary N) is 1. The maximum atomic E-state index is 4.47. The van der Waals surface area contributed by atoms with Crippen LogP contribution in [0.1, 0.15) is 57.7 Å². The summed E-state index contributed by atoms with van der Waals surface area (Å²) in [7, 11) is 2.10. The minimum atomic E-state index is 0.686. The molecule has 2 saturated carbocycles. The lowest BCUT2D eigenvalue weighted by molar-refractivity contribution is 0.271. The largest absolute Gasteiger partial charge is 0.338 e. The fraction of sp³-hybridized carbons (Fsp3) is 0.833. The van der Waals surface area contributed by atoms with E-state index in [4.69, 9.17) is 0 Å². The Bertz CT molecular complexity index is 439. The van der Waals surface area contributed by atoms with Crippen LogP contribution in [0.5, 0.6) is 0 Å². The van der Waals surface area contributed by atoms with Gasteiger partial charge in [-0.05, 0) is 62.8 Å². The maximum Gasteiger partial charge on any atom is 0.108 e. The van der Waals surface area contributed by atoms with E-state index in [1.807, 2.05) is 6.20 Å². The zero-order valence-electron chi connectivity index (χ0n) is 13.7. The van der Waals surface area contributed by atoms with Gasteiger partial charge in [0.2, 0.25) is 0 Å². The molecule has 3 rings (SSSR count). The standard InChI is InChI=1S/C18H31N3/c1-3-8-19-17(6-7-18-20-9-10-21(18)2)13-16-12-14-4-5-15(16)11-14/h9-10,14-17,19H,3-8,11-13H2,1-2H3. The molecule has 1 aromatic rings. The van der Waals surface area contributed by atoms with Crippen molar-refractivity contribution in [3.63, 3.8) is 0 Å². The maximum absolute atomic E-state index is 4.47. The van der Waals surface area contributed by atoms with E-state index in [9.17, 15) is 0 Å². The molecule has 2 fully saturated rings. The highest BCUT2D eigenvalue weighted by molar-refractivity contribution is 4.94. The van der Waals surface area contributed by atoms with Gasteiger partial charge in [-0.2, -0.15) is 0 Å². The summed E-state index contributed by atoms with van der Waals surface area (Å²) >= 11 is 0. The molecule has 0 radical (unpaired) electrons. The van der Waals surface area contributed by atoms with Gasteiger partial charge in [-0.3, -0.25) is 0 Å². The van der Waals surface area contributed by atoms with Crippen LogP contribution in [0, 0.1) is 17.8 Å². The minimum Gasteiger partial charge on any atom is -0.338 e. The van der Waals surface area contributed by atoms with E-state index < -0.39 is 0 Å². The number of imidazole rings is 1. The van der Waals surface area contributed by atoms with Crippen molar-refractivity contribution < 1.29 is 0 Å². The highest BCUT2D eigenvalue weighted by atomic mass is 15.0. The summed E-state index contributed by atoms with van der Waals surface area (Å²) in [6.45, 7) is 3.42. The highest BCUT2D eigenvalue weighted by Crippen LogP contribution is 2.50. The Morgan fingerprint density at radius 2 is 2.29 bits per heavy atom. The molecule has 4 atom stereocenters. The van der Waals surface area contributed by atoms with Gasteiger partial charge in [0.05, 0.1) is 0 Å². The van der Waals surface area contributed by atoms with Gasteiger partial charge in [0.25, 0.3) is 0 Å². The predicted molar refractivity (Wildman–Crippen MR) is 87.2 cm³/mol. The van der Waals surface area contributed by atoms with Crippen LogP contribution in [0.3, 0.4) is 0 Å². The number of hydrogen-bond acceptors (Lipinski definition) is 2. The second-order valence-corrected chi connectivity index (χ2v) is 7.31. The lowest BCUT2D eigenvalue weighted by Gasteiger charge is -2.27. The Labute approximate surface area is 129 Å². The van der Waals surface area contributed by atoms with E-state index >= 15 is 0 Å². The van der Waals surface area contributed by atoms with Gasteiger partial charge in [0, 0.05) is 31.9 Å². The van der Waals surface area contributed by atoms with Gasteiger partial charge in [-0.1, -0.05) is 13.3 Å². The molecule has 0 amide bonds. The molecule has 118 valence electrons. The molecule has 0 saturated heterocycles. The van der Waals surface area contributed by atoms with Gasteiger partial charge in [-0.25, -0.2) is 4.98 Å². The summed E-state index contributed by atoms with van der Waals surface area (Å²) in [6, 6.07) is 0.686. The van der Waals surface area contributed by atoms with Crippen LogP contribution in [0.15, 0.2) is 12.4 Å². The summed E-state index contributed by atoms with van der Waals surface area (Å²) in [6.07, 6.45) is 15.0. The van der Waals surface area contributed by atoms with E-state index in [0.717, 1.165) is 30.7 Å². The van der Waals surface area contributed by atoms with Gasteiger partial charge >= 0.3 is 0 Å². The van der Waals surface area contributed by atoms with Crippen LogP contribution >= 0.6 is 0 Å². The molecule has 0 spiro atoms. The third kappa shape index (κ3) is 3.68. The van der Waals surface area contributed by atoms with E-state index in [2.05, 4.69) is 35.0 Å². The first-order chi connectivity index (χ1) is 10.3. The second-order valence-electron chi connectivity index (χ2n) is 7.31. The van der Waals surface area contributed by atoms with Crippen molar-refractivity contribution in [2.24, 2.45) is 24.8 Å². The molecular weight excluding hydrogens is 258 g/mol. The zero-order chi connectivity index (χ0) is 14.7. The Balaban J connectivity index is 1.52. The van der Waals surface area contributed by atoms with Crippen LogP contribution in [0.2, 0.25) is 0 Å². The summed E-state index contributed by atoms with van der Waals surface area (Å²) in [5, 5.41) is 3.80. The molecule has 2 aliphatic rings. The van der Waals surface area contributed by atoms with Crippen molar-refractivity contribution in [2.75, 3.05) is 6.54 Å². The molecule has 0 aromatic carbocycles. The molecule has 0 aliphatic heterocycles. The fourth-order valence-corrected chi connectivity index (χ4v) is 4.62. The predicted octanol–water partition coefficient (Wildman–Crippen LogP) is 3.55. The Kier molecular flexibility index (Phi) is 4.99. The monoisotopic (exact) mass is 289 g/mol. The van der Waals surface area contributed by atoms with E-state index in [0.29, 0.717) is 6.04 Å². The van der Waals surface area contributed by atoms with Gasteiger partial charge in [-0.15, -0.1) is 0 Å². The van der Waals surface area contributed by atoms with Crippen LogP contribution < -0.4 is 5.32 Å². The number of fused-ring (bicyclic) bond motifs is 2. The Morgan fingerprint density at radius 1 is 1.38 bits per heavy atom. The lowest BCUT2D eigenvalue weighted by Crippen LogP contribution is -2.33. The molecule has 21 heavy (non-hydrogen) atoms. The van der Waals surface area contributed by atoms with E-state index in [1.165, 1.54) is 50.8 Å². The van der Waals surface area contributed by atoms with Crippen LogP contribution in [0.25, 0.3) is 0 Å². The van der Waals surface area contributed by atoms with Gasteiger partial charge in [0.15, 0.2) is 0 Å². The molecule has 2 bridgehead atoms. The molecule has 3 heteroatoms. The third-order valence-corrected chi connectivity index (χ3v) is 5.79. The number of hydrogen-bond donors (Lipinski definition) is 1. The topological polar surface area (TPSA) is 29.9 Å². The molecule has 2 aliphatic carbocycles. The molecule has 1 aromatic heterocycles. The normalized spacial score (nSPS) is 29.1. The first-order valence-corrected chi connectivity index (χ1v) is 8.95. The van der Waals surface area contributed by atoms with Crippen molar-refractivity contribution in [2.45, 2.75) is 64.3 Å². The number of aryl methyl sites for hydroxylation is 2. The molecule has 1 heterocycles. The van der Waals surface area contributed by atoms with Crippen molar-refractivity contribution in [1.29, 1.82) is 0 Å². The zero-order valence-corrected chi connectivity index (χ0v) is 13.7. The number of aromatic nitrogens is 2. The van der Waals surface area contributed by atoms with Crippen molar-refractivity contribution in [1.82, 2.24) is 14.9 Å². The molecule has 1 N–H and O–H groups in total. The number of nitrogens with zero attached hydrogens (tertiary/aromatic N) is 2. The second kappa shape index (κ2) is 6.95. The average Bonchev–Trinajstić information content (AvgIpc) is 3.19. The summed E-state index contributed by atoms with van der Waals surface area (Å²) < 4.78 is 2.16. The van der Waals surface area contributed by atoms with Crippen molar-refractivity contribution in [3.05, 3.63) is 18.2 Å². The average molecular weight is 289 g/mol. The SMILES string of the molecule is CCCNC(CCc1nccn1C)CC1CC2CCC1C2. The quantitative estimate of drug-likeness (QED) is 0.793. The third-order valence-electron chi connectivity index (χ3n) is 5.79. The summed E-state index contributed by atoms with van der Waals surface area (Å²) in [5.41, 5.74) is 0. The number of rotatable bonds is 8. The lowest BCUT2D eigenvalue weighted by atomic mass is 9.83. The van der Waals surface area contributed by atoms with Gasteiger partial charge < -0.3 is 9.88 Å². The summed E-state index contributed by atoms with van der Waals surface area (Å²) in [5.74, 6) is 4.35.